The number of nitrogens with one attached hydrogen (secondary N) is 1. The summed E-state index contributed by atoms with van der Waals surface area (Å²) in [6.45, 7) is 10.3. The molecule has 0 aliphatic heterocycles. The first-order valence-corrected chi connectivity index (χ1v) is 7.41. The molecule has 100 valence electrons. The van der Waals surface area contributed by atoms with Crippen LogP contribution in [0.3, 0.4) is 0 Å². The van der Waals surface area contributed by atoms with E-state index in [1.807, 2.05) is 0 Å². The third kappa shape index (κ3) is 3.58. The Hall–Kier alpha value is -0.820. The van der Waals surface area contributed by atoms with Crippen molar-refractivity contribution in [3.63, 3.8) is 0 Å². The van der Waals surface area contributed by atoms with Crippen LogP contribution < -0.4 is 5.32 Å². The number of benzene rings is 1. The summed E-state index contributed by atoms with van der Waals surface area (Å²) in [4.78, 5) is 0. The van der Waals surface area contributed by atoms with Gasteiger partial charge in [-0.05, 0) is 61.3 Å². The maximum Gasteiger partial charge on any atom is 0.00682 e. The number of hydrogen-bond acceptors (Lipinski definition) is 1. The SMILES string of the molecule is Cc1ccc(C(C)C)cc1C(C)CCNC1CC1. The van der Waals surface area contributed by atoms with E-state index in [4.69, 9.17) is 0 Å². The van der Waals surface area contributed by atoms with Crippen LogP contribution in [-0.2, 0) is 0 Å². The number of rotatable bonds is 6. The van der Waals surface area contributed by atoms with E-state index in [1.54, 1.807) is 5.56 Å². The highest BCUT2D eigenvalue weighted by atomic mass is 14.9. The lowest BCUT2D eigenvalue weighted by atomic mass is 9.89. The molecule has 0 heterocycles. The highest BCUT2D eigenvalue weighted by molar-refractivity contribution is 5.34. The van der Waals surface area contributed by atoms with Gasteiger partial charge < -0.3 is 5.32 Å². The van der Waals surface area contributed by atoms with Crippen LogP contribution in [0.15, 0.2) is 18.2 Å². The van der Waals surface area contributed by atoms with Gasteiger partial charge in [0, 0.05) is 6.04 Å². The van der Waals surface area contributed by atoms with E-state index in [1.165, 1.54) is 30.4 Å². The van der Waals surface area contributed by atoms with E-state index in [0.717, 1.165) is 12.6 Å². The zero-order valence-corrected chi connectivity index (χ0v) is 12.3. The average molecular weight is 245 g/mol. The minimum absolute atomic E-state index is 0.626. The number of hydrogen-bond donors (Lipinski definition) is 1. The Kier molecular flexibility index (Phi) is 4.45. The van der Waals surface area contributed by atoms with Crippen LogP contribution in [0.5, 0.6) is 0 Å². The summed E-state index contributed by atoms with van der Waals surface area (Å²) >= 11 is 0. The van der Waals surface area contributed by atoms with Gasteiger partial charge >= 0.3 is 0 Å². The molecule has 1 N–H and O–H groups in total. The Morgan fingerprint density at radius 2 is 1.94 bits per heavy atom. The zero-order valence-electron chi connectivity index (χ0n) is 12.3. The second kappa shape index (κ2) is 5.88. The maximum atomic E-state index is 3.61. The largest absolute Gasteiger partial charge is 0.314 e. The molecule has 1 nitrogen and oxygen atoms in total. The monoisotopic (exact) mass is 245 g/mol. The third-order valence-electron chi connectivity index (χ3n) is 4.09. The molecule has 1 atom stereocenters. The molecule has 1 aliphatic rings. The van der Waals surface area contributed by atoms with Crippen molar-refractivity contribution in [2.45, 2.75) is 64.8 Å². The summed E-state index contributed by atoms with van der Waals surface area (Å²) in [5, 5.41) is 3.61. The lowest BCUT2D eigenvalue weighted by molar-refractivity contribution is 0.590. The van der Waals surface area contributed by atoms with E-state index in [2.05, 4.69) is 51.2 Å². The Morgan fingerprint density at radius 3 is 2.56 bits per heavy atom. The summed E-state index contributed by atoms with van der Waals surface area (Å²) in [5.74, 6) is 1.29. The van der Waals surface area contributed by atoms with Gasteiger partial charge in [0.1, 0.15) is 0 Å². The normalized spacial score (nSPS) is 17.2. The van der Waals surface area contributed by atoms with Gasteiger partial charge in [-0.15, -0.1) is 0 Å². The standard InChI is InChI=1S/C17H27N/c1-12(2)15-6-5-13(3)17(11-15)14(4)9-10-18-16-7-8-16/h5-6,11-12,14,16,18H,7-10H2,1-4H3. The fourth-order valence-corrected chi connectivity index (χ4v) is 2.50. The van der Waals surface area contributed by atoms with Crippen molar-refractivity contribution in [1.29, 1.82) is 0 Å². The van der Waals surface area contributed by atoms with Gasteiger partial charge in [0.15, 0.2) is 0 Å². The topological polar surface area (TPSA) is 12.0 Å². The number of aryl methyl sites for hydroxylation is 1. The molecule has 1 aromatic carbocycles. The van der Waals surface area contributed by atoms with Crippen molar-refractivity contribution in [2.24, 2.45) is 0 Å². The molecule has 0 amide bonds. The second-order valence-corrected chi connectivity index (χ2v) is 6.19. The first-order valence-electron chi connectivity index (χ1n) is 7.41. The van der Waals surface area contributed by atoms with Gasteiger partial charge in [0.25, 0.3) is 0 Å². The Labute approximate surface area is 112 Å². The highest BCUT2D eigenvalue weighted by Crippen LogP contribution is 2.27. The fourth-order valence-electron chi connectivity index (χ4n) is 2.50. The summed E-state index contributed by atoms with van der Waals surface area (Å²) in [5.41, 5.74) is 4.45. The first kappa shape index (κ1) is 13.6. The van der Waals surface area contributed by atoms with E-state index in [-0.39, 0.29) is 0 Å². The van der Waals surface area contributed by atoms with Crippen LogP contribution in [0, 0.1) is 6.92 Å². The quantitative estimate of drug-likeness (QED) is 0.785. The molecule has 1 saturated carbocycles. The van der Waals surface area contributed by atoms with Crippen molar-refractivity contribution in [3.05, 3.63) is 34.9 Å². The van der Waals surface area contributed by atoms with E-state index < -0.39 is 0 Å². The predicted molar refractivity (Wildman–Crippen MR) is 79.3 cm³/mol. The molecule has 0 radical (unpaired) electrons. The molecule has 2 rings (SSSR count). The van der Waals surface area contributed by atoms with Crippen LogP contribution in [0.1, 0.15) is 68.6 Å². The van der Waals surface area contributed by atoms with Gasteiger partial charge in [0.2, 0.25) is 0 Å². The van der Waals surface area contributed by atoms with Crippen LogP contribution >= 0.6 is 0 Å². The molecule has 18 heavy (non-hydrogen) atoms. The summed E-state index contributed by atoms with van der Waals surface area (Å²) < 4.78 is 0. The van der Waals surface area contributed by atoms with E-state index >= 15 is 0 Å². The van der Waals surface area contributed by atoms with E-state index in [9.17, 15) is 0 Å². The molecular weight excluding hydrogens is 218 g/mol. The van der Waals surface area contributed by atoms with Gasteiger partial charge in [-0.25, -0.2) is 0 Å². The lowest BCUT2D eigenvalue weighted by Crippen LogP contribution is -2.19. The summed E-state index contributed by atoms with van der Waals surface area (Å²) in [6, 6.07) is 7.82. The van der Waals surface area contributed by atoms with Crippen LogP contribution in [0.2, 0.25) is 0 Å². The zero-order chi connectivity index (χ0) is 13.1. The predicted octanol–water partition coefficient (Wildman–Crippen LogP) is 4.36. The van der Waals surface area contributed by atoms with E-state index in [0.29, 0.717) is 11.8 Å². The van der Waals surface area contributed by atoms with Crippen molar-refractivity contribution >= 4 is 0 Å². The molecule has 0 spiro atoms. The molecule has 1 unspecified atom stereocenters. The van der Waals surface area contributed by atoms with Gasteiger partial charge in [-0.1, -0.05) is 39.0 Å². The van der Waals surface area contributed by atoms with Crippen LogP contribution in [0.4, 0.5) is 0 Å². The van der Waals surface area contributed by atoms with Crippen molar-refractivity contribution in [2.75, 3.05) is 6.54 Å². The van der Waals surface area contributed by atoms with Crippen LogP contribution in [-0.4, -0.2) is 12.6 Å². The average Bonchev–Trinajstić information content (AvgIpc) is 3.13. The van der Waals surface area contributed by atoms with Crippen molar-refractivity contribution in [1.82, 2.24) is 5.32 Å². The molecule has 1 fully saturated rings. The van der Waals surface area contributed by atoms with Gasteiger partial charge in [0.05, 0.1) is 0 Å². The molecule has 0 saturated heterocycles. The molecule has 1 aliphatic carbocycles. The lowest BCUT2D eigenvalue weighted by Gasteiger charge is -2.17. The van der Waals surface area contributed by atoms with Crippen molar-refractivity contribution in [3.8, 4) is 0 Å². The molecule has 0 aromatic heterocycles. The minimum Gasteiger partial charge on any atom is -0.314 e. The minimum atomic E-state index is 0.626. The van der Waals surface area contributed by atoms with Gasteiger partial charge in [-0.2, -0.15) is 0 Å². The molecule has 0 bridgehead atoms. The maximum absolute atomic E-state index is 3.61. The van der Waals surface area contributed by atoms with Gasteiger partial charge in [-0.3, -0.25) is 0 Å². The second-order valence-electron chi connectivity index (χ2n) is 6.19. The smallest absolute Gasteiger partial charge is 0.00682 e. The summed E-state index contributed by atoms with van der Waals surface area (Å²) in [6.07, 6.45) is 4.02. The van der Waals surface area contributed by atoms with Crippen LogP contribution in [0.25, 0.3) is 0 Å². The first-order chi connectivity index (χ1) is 8.58. The highest BCUT2D eigenvalue weighted by Gasteiger charge is 2.20. The Bertz CT molecular complexity index is 391. The van der Waals surface area contributed by atoms with Crippen molar-refractivity contribution < 1.29 is 0 Å². The molecule has 1 heteroatoms. The third-order valence-corrected chi connectivity index (χ3v) is 4.09. The molecule has 1 aromatic rings. The Balaban J connectivity index is 1.97. The fraction of sp³-hybridized carbons (Fsp3) is 0.647. The Morgan fingerprint density at radius 1 is 1.22 bits per heavy atom. The summed E-state index contributed by atoms with van der Waals surface area (Å²) in [7, 11) is 0. The molecular formula is C17H27N.